The first-order valence-corrected chi connectivity index (χ1v) is 10.0. The van der Waals surface area contributed by atoms with Gasteiger partial charge in [-0.3, -0.25) is 9.59 Å². The monoisotopic (exact) mass is 410 g/mol. The quantitative estimate of drug-likeness (QED) is 0.397. The van der Waals surface area contributed by atoms with Gasteiger partial charge in [0.15, 0.2) is 12.4 Å². The number of carbonyl (C=O) groups excluding carboxylic acids is 3. The number of rotatable bonds is 7. The Morgan fingerprint density at radius 3 is 2.03 bits per heavy atom. The molecule has 7 heteroatoms. The number of amides is 1. The van der Waals surface area contributed by atoms with Crippen molar-refractivity contribution in [2.45, 2.75) is 20.3 Å². The fourth-order valence-corrected chi connectivity index (χ4v) is 3.25. The molecule has 0 atom stereocenters. The minimum Gasteiger partial charge on any atom is -0.482 e. The highest BCUT2D eigenvalue weighted by Crippen LogP contribution is 2.21. The molecule has 1 amide bonds. The van der Waals surface area contributed by atoms with E-state index in [-0.39, 0.29) is 18.3 Å². The Labute approximate surface area is 176 Å². The summed E-state index contributed by atoms with van der Waals surface area (Å²) in [5.41, 5.74) is 1.64. The van der Waals surface area contributed by atoms with Crippen molar-refractivity contribution >= 4 is 23.3 Å². The van der Waals surface area contributed by atoms with Gasteiger partial charge in [-0.05, 0) is 48.5 Å². The van der Waals surface area contributed by atoms with Gasteiger partial charge < -0.3 is 19.3 Å². The van der Waals surface area contributed by atoms with Gasteiger partial charge in [0.2, 0.25) is 5.91 Å². The summed E-state index contributed by atoms with van der Waals surface area (Å²) >= 11 is 0. The number of carbonyl (C=O) groups is 3. The second-order valence-electron chi connectivity index (χ2n) is 7.05. The van der Waals surface area contributed by atoms with Crippen LogP contribution in [-0.2, 0) is 9.59 Å². The fraction of sp³-hybridized carbons (Fsp3) is 0.348. The lowest BCUT2D eigenvalue weighted by Crippen LogP contribution is -2.48. The van der Waals surface area contributed by atoms with Crippen LogP contribution in [0.3, 0.4) is 0 Å². The largest absolute Gasteiger partial charge is 0.482 e. The molecule has 0 aliphatic carbocycles. The minimum absolute atomic E-state index is 0.0603. The van der Waals surface area contributed by atoms with Gasteiger partial charge in [0, 0.05) is 50.8 Å². The van der Waals surface area contributed by atoms with Crippen LogP contribution in [-0.4, -0.2) is 55.3 Å². The Bertz CT molecular complexity index is 885. The van der Waals surface area contributed by atoms with Crippen LogP contribution in [0.4, 0.5) is 5.69 Å². The maximum Gasteiger partial charge on any atom is 0.349 e. The summed E-state index contributed by atoms with van der Waals surface area (Å²) in [5, 5.41) is 0. The summed E-state index contributed by atoms with van der Waals surface area (Å²) in [5.74, 6) is 0.597. The predicted octanol–water partition coefficient (Wildman–Crippen LogP) is 2.93. The molecule has 0 saturated carbocycles. The third-order valence-electron chi connectivity index (χ3n) is 5.01. The third-order valence-corrected chi connectivity index (χ3v) is 5.01. The number of hydrogen-bond acceptors (Lipinski definition) is 6. The van der Waals surface area contributed by atoms with Crippen molar-refractivity contribution in [3.63, 3.8) is 0 Å². The molecular formula is C23H26N2O5. The molecule has 3 rings (SSSR count). The standard InChI is InChI=1S/C23H26N2O5/c1-3-22(27)18-4-8-20(9-5-18)29-16-23(28)30-21-10-6-19(7-11-21)25-14-12-24(13-15-25)17(2)26/h4-11H,3,12-16H2,1-2H3. The number of anilines is 1. The molecule has 30 heavy (non-hydrogen) atoms. The zero-order chi connectivity index (χ0) is 21.5. The van der Waals surface area contributed by atoms with Crippen molar-refractivity contribution in [3.8, 4) is 11.5 Å². The summed E-state index contributed by atoms with van der Waals surface area (Å²) in [6.45, 7) is 6.13. The van der Waals surface area contributed by atoms with E-state index in [1.807, 2.05) is 24.0 Å². The highest BCUT2D eigenvalue weighted by molar-refractivity contribution is 5.95. The molecule has 0 N–H and O–H groups in total. The van der Waals surface area contributed by atoms with Gasteiger partial charge in [-0.1, -0.05) is 6.92 Å². The van der Waals surface area contributed by atoms with Crippen LogP contribution < -0.4 is 14.4 Å². The lowest BCUT2D eigenvalue weighted by atomic mass is 10.1. The summed E-state index contributed by atoms with van der Waals surface area (Å²) in [6, 6.07) is 14.0. The number of esters is 1. The molecule has 1 heterocycles. The van der Waals surface area contributed by atoms with Gasteiger partial charge in [0.1, 0.15) is 11.5 Å². The Hall–Kier alpha value is -3.35. The number of nitrogens with zero attached hydrogens (tertiary/aromatic N) is 2. The molecule has 0 spiro atoms. The molecule has 158 valence electrons. The zero-order valence-electron chi connectivity index (χ0n) is 17.3. The number of hydrogen-bond donors (Lipinski definition) is 0. The Morgan fingerprint density at radius 2 is 1.47 bits per heavy atom. The smallest absolute Gasteiger partial charge is 0.349 e. The number of piperazine rings is 1. The summed E-state index contributed by atoms with van der Waals surface area (Å²) in [4.78, 5) is 39.1. The van der Waals surface area contributed by atoms with Gasteiger partial charge >= 0.3 is 5.97 Å². The fourth-order valence-electron chi connectivity index (χ4n) is 3.25. The predicted molar refractivity (Wildman–Crippen MR) is 113 cm³/mol. The summed E-state index contributed by atoms with van der Waals surface area (Å²) in [6.07, 6.45) is 0.444. The molecular weight excluding hydrogens is 384 g/mol. The SMILES string of the molecule is CCC(=O)c1ccc(OCC(=O)Oc2ccc(N3CCN(C(C)=O)CC3)cc2)cc1. The van der Waals surface area contributed by atoms with Gasteiger partial charge in [-0.25, -0.2) is 4.79 Å². The molecule has 2 aromatic rings. The number of ether oxygens (including phenoxy) is 2. The average Bonchev–Trinajstić information content (AvgIpc) is 2.78. The van der Waals surface area contributed by atoms with Gasteiger partial charge in [-0.15, -0.1) is 0 Å². The van der Waals surface area contributed by atoms with Crippen molar-refractivity contribution in [1.29, 1.82) is 0 Å². The van der Waals surface area contributed by atoms with E-state index in [1.165, 1.54) is 0 Å². The van der Waals surface area contributed by atoms with Crippen molar-refractivity contribution < 1.29 is 23.9 Å². The van der Waals surface area contributed by atoms with Crippen LogP contribution in [0.1, 0.15) is 30.6 Å². The number of benzene rings is 2. The van der Waals surface area contributed by atoms with Gasteiger partial charge in [0.05, 0.1) is 0 Å². The Balaban J connectivity index is 1.46. The maximum absolute atomic E-state index is 12.0. The lowest BCUT2D eigenvalue weighted by Gasteiger charge is -2.35. The van der Waals surface area contributed by atoms with Crippen LogP contribution in [0.25, 0.3) is 0 Å². The maximum atomic E-state index is 12.0. The van der Waals surface area contributed by atoms with Crippen LogP contribution in [0, 0.1) is 0 Å². The normalized spacial score (nSPS) is 13.7. The van der Waals surface area contributed by atoms with Gasteiger partial charge in [0.25, 0.3) is 0 Å². The third kappa shape index (κ3) is 5.59. The van der Waals surface area contributed by atoms with E-state index in [1.54, 1.807) is 43.3 Å². The average molecular weight is 410 g/mol. The van der Waals surface area contributed by atoms with Crippen LogP contribution in [0.5, 0.6) is 11.5 Å². The van der Waals surface area contributed by atoms with E-state index in [4.69, 9.17) is 9.47 Å². The molecule has 1 aliphatic rings. The second kappa shape index (κ2) is 9.91. The van der Waals surface area contributed by atoms with Crippen molar-refractivity contribution in [3.05, 3.63) is 54.1 Å². The Morgan fingerprint density at radius 1 is 0.867 bits per heavy atom. The van der Waals surface area contributed by atoms with E-state index in [0.29, 0.717) is 36.6 Å². The first-order chi connectivity index (χ1) is 14.5. The van der Waals surface area contributed by atoms with Crippen LogP contribution >= 0.6 is 0 Å². The highest BCUT2D eigenvalue weighted by atomic mass is 16.6. The van der Waals surface area contributed by atoms with Crippen molar-refractivity contribution in [2.75, 3.05) is 37.7 Å². The zero-order valence-corrected chi connectivity index (χ0v) is 17.3. The van der Waals surface area contributed by atoms with E-state index in [2.05, 4.69) is 4.90 Å². The van der Waals surface area contributed by atoms with E-state index < -0.39 is 5.97 Å². The van der Waals surface area contributed by atoms with E-state index >= 15 is 0 Å². The molecule has 0 aromatic heterocycles. The van der Waals surface area contributed by atoms with Crippen LogP contribution in [0.15, 0.2) is 48.5 Å². The highest BCUT2D eigenvalue weighted by Gasteiger charge is 2.18. The van der Waals surface area contributed by atoms with Crippen molar-refractivity contribution in [1.82, 2.24) is 4.90 Å². The summed E-state index contributed by atoms with van der Waals surface area (Å²) < 4.78 is 10.7. The number of Topliss-reactive ketones (excluding diaryl/α,β-unsaturated/α-hetero) is 1. The lowest BCUT2D eigenvalue weighted by molar-refractivity contribution is -0.136. The first-order valence-electron chi connectivity index (χ1n) is 10.0. The van der Waals surface area contributed by atoms with E-state index in [0.717, 1.165) is 18.8 Å². The van der Waals surface area contributed by atoms with Crippen LogP contribution in [0.2, 0.25) is 0 Å². The second-order valence-corrected chi connectivity index (χ2v) is 7.05. The Kier molecular flexibility index (Phi) is 7.06. The summed E-state index contributed by atoms with van der Waals surface area (Å²) in [7, 11) is 0. The minimum atomic E-state index is -0.508. The molecule has 2 aromatic carbocycles. The molecule has 0 radical (unpaired) electrons. The topological polar surface area (TPSA) is 76.2 Å². The molecule has 7 nitrogen and oxygen atoms in total. The van der Waals surface area contributed by atoms with Gasteiger partial charge in [-0.2, -0.15) is 0 Å². The van der Waals surface area contributed by atoms with E-state index in [9.17, 15) is 14.4 Å². The molecule has 0 unspecified atom stereocenters. The first kappa shape index (κ1) is 21.4. The molecule has 1 saturated heterocycles. The number of ketones is 1. The molecule has 1 aliphatic heterocycles. The molecule has 1 fully saturated rings. The molecule has 0 bridgehead atoms. The van der Waals surface area contributed by atoms with Crippen molar-refractivity contribution in [2.24, 2.45) is 0 Å².